The van der Waals surface area contributed by atoms with Crippen LogP contribution in [0.2, 0.25) is 0 Å². The van der Waals surface area contributed by atoms with Crippen LogP contribution in [-0.2, 0) is 21.5 Å². The summed E-state index contributed by atoms with van der Waals surface area (Å²) in [5.74, 6) is 0. The second kappa shape index (κ2) is 6.50. The molecule has 0 aliphatic carbocycles. The molecule has 102 valence electrons. The van der Waals surface area contributed by atoms with Crippen LogP contribution in [0, 0.1) is 0 Å². The van der Waals surface area contributed by atoms with E-state index < -0.39 is 16.3 Å². The Kier molecular flexibility index (Phi) is 5.57. The van der Waals surface area contributed by atoms with Crippen molar-refractivity contribution < 1.29 is 17.9 Å². The molecule has 0 fully saturated rings. The van der Waals surface area contributed by atoms with E-state index in [2.05, 4.69) is 25.4 Å². The van der Waals surface area contributed by atoms with E-state index in [4.69, 9.17) is 0 Å². The first-order valence-electron chi connectivity index (χ1n) is 5.00. The van der Waals surface area contributed by atoms with Crippen LogP contribution in [-0.4, -0.2) is 20.6 Å². The fourth-order valence-corrected chi connectivity index (χ4v) is 3.19. The lowest BCUT2D eigenvalue weighted by atomic mass is 10.5. The van der Waals surface area contributed by atoms with Crippen LogP contribution < -0.4 is 9.44 Å². The minimum absolute atomic E-state index is 0.0997. The molecule has 0 bridgehead atoms. The van der Waals surface area contributed by atoms with Crippen molar-refractivity contribution in [2.24, 2.45) is 0 Å². The van der Waals surface area contributed by atoms with Gasteiger partial charge in [0.05, 0.1) is 6.10 Å². The average molecular weight is 357 g/mol. The molecule has 0 aliphatic heterocycles. The highest BCUT2D eigenvalue weighted by Crippen LogP contribution is 2.22. The summed E-state index contributed by atoms with van der Waals surface area (Å²) in [6.07, 6.45) is -1.38. The molecule has 18 heavy (non-hydrogen) atoms. The van der Waals surface area contributed by atoms with Crippen molar-refractivity contribution in [1.82, 2.24) is 9.44 Å². The Balaban J connectivity index is 2.50. The molecular weight excluding hydrogens is 344 g/mol. The van der Waals surface area contributed by atoms with Gasteiger partial charge >= 0.3 is 16.3 Å². The van der Waals surface area contributed by atoms with Crippen LogP contribution in [0.3, 0.4) is 0 Å². The van der Waals surface area contributed by atoms with Crippen molar-refractivity contribution in [3.63, 3.8) is 0 Å². The van der Waals surface area contributed by atoms with Crippen molar-refractivity contribution in [2.75, 3.05) is 0 Å². The molecule has 0 unspecified atom stereocenters. The number of halogens is 1. The zero-order valence-electron chi connectivity index (χ0n) is 9.77. The van der Waals surface area contributed by atoms with E-state index in [0.717, 1.165) is 9.35 Å². The van der Waals surface area contributed by atoms with Crippen molar-refractivity contribution in [3.05, 3.63) is 20.8 Å². The minimum Gasteiger partial charge on any atom is -0.446 e. The minimum atomic E-state index is -3.91. The van der Waals surface area contributed by atoms with E-state index in [-0.39, 0.29) is 12.6 Å². The van der Waals surface area contributed by atoms with E-state index in [1.165, 1.54) is 11.3 Å². The molecular formula is C9H13BrN2O4S2. The summed E-state index contributed by atoms with van der Waals surface area (Å²) in [6, 6.07) is 1.81. The van der Waals surface area contributed by atoms with Crippen molar-refractivity contribution in [3.8, 4) is 0 Å². The average Bonchev–Trinajstić information content (AvgIpc) is 2.58. The number of thiophene rings is 1. The zero-order valence-corrected chi connectivity index (χ0v) is 13.0. The molecule has 0 aliphatic rings. The standard InChI is InChI=1S/C9H13BrN2O4S2/c1-6(2)16-9(13)12-18(14,15)11-5-8-7(10)3-4-17-8/h3-4,6,11H,5H2,1-2H3,(H,12,13). The summed E-state index contributed by atoms with van der Waals surface area (Å²) < 4.78 is 32.5. The summed E-state index contributed by atoms with van der Waals surface area (Å²) in [5, 5.41) is 1.83. The largest absolute Gasteiger partial charge is 0.446 e. The Hall–Kier alpha value is -0.640. The molecule has 1 aromatic heterocycles. The van der Waals surface area contributed by atoms with Gasteiger partial charge < -0.3 is 4.74 Å². The number of carbonyl (C=O) groups is 1. The Morgan fingerprint density at radius 1 is 1.56 bits per heavy atom. The zero-order chi connectivity index (χ0) is 13.8. The summed E-state index contributed by atoms with van der Waals surface area (Å²) in [6.45, 7) is 3.35. The molecule has 1 aromatic rings. The lowest BCUT2D eigenvalue weighted by molar-refractivity contribution is 0.121. The second-order valence-corrected chi connectivity index (χ2v) is 6.93. The topological polar surface area (TPSA) is 84.5 Å². The molecule has 1 amide bonds. The van der Waals surface area contributed by atoms with Gasteiger partial charge in [0.2, 0.25) is 0 Å². The molecule has 2 N–H and O–H groups in total. The van der Waals surface area contributed by atoms with Crippen molar-refractivity contribution >= 4 is 43.6 Å². The van der Waals surface area contributed by atoms with E-state index >= 15 is 0 Å². The van der Waals surface area contributed by atoms with Crippen LogP contribution in [0.15, 0.2) is 15.9 Å². The number of hydrogen-bond donors (Lipinski definition) is 2. The Morgan fingerprint density at radius 3 is 2.72 bits per heavy atom. The quantitative estimate of drug-likeness (QED) is 0.844. The number of carbonyl (C=O) groups excluding carboxylic acids is 1. The van der Waals surface area contributed by atoms with Gasteiger partial charge in [0.25, 0.3) is 0 Å². The number of hydrogen-bond acceptors (Lipinski definition) is 5. The lowest BCUT2D eigenvalue weighted by Gasteiger charge is -2.10. The number of nitrogens with one attached hydrogen (secondary N) is 2. The van der Waals surface area contributed by atoms with Crippen LogP contribution in [0.5, 0.6) is 0 Å². The van der Waals surface area contributed by atoms with Crippen LogP contribution in [0.4, 0.5) is 4.79 Å². The second-order valence-electron chi connectivity index (χ2n) is 3.57. The molecule has 9 heteroatoms. The highest BCUT2D eigenvalue weighted by molar-refractivity contribution is 9.10. The first-order chi connectivity index (χ1) is 8.30. The predicted octanol–water partition coefficient (Wildman–Crippen LogP) is 1.98. The Morgan fingerprint density at radius 2 is 2.22 bits per heavy atom. The monoisotopic (exact) mass is 356 g/mol. The van der Waals surface area contributed by atoms with Gasteiger partial charge in [-0.2, -0.15) is 13.1 Å². The van der Waals surface area contributed by atoms with Crippen LogP contribution in [0.25, 0.3) is 0 Å². The van der Waals surface area contributed by atoms with Gasteiger partial charge in [-0.1, -0.05) is 0 Å². The lowest BCUT2D eigenvalue weighted by Crippen LogP contribution is -2.40. The molecule has 0 aromatic carbocycles. The van der Waals surface area contributed by atoms with E-state index in [1.54, 1.807) is 18.6 Å². The van der Waals surface area contributed by atoms with Gasteiger partial charge in [-0.3, -0.25) is 0 Å². The van der Waals surface area contributed by atoms with Gasteiger partial charge in [0.1, 0.15) is 0 Å². The SMILES string of the molecule is CC(C)OC(=O)NS(=O)(=O)NCc1sccc1Br. The summed E-state index contributed by atoms with van der Waals surface area (Å²) >= 11 is 4.68. The molecule has 0 saturated heterocycles. The van der Waals surface area contributed by atoms with E-state index in [0.29, 0.717) is 0 Å². The third-order valence-corrected chi connectivity index (χ3v) is 4.56. The fraction of sp³-hybridized carbons (Fsp3) is 0.444. The number of rotatable bonds is 5. The first-order valence-corrected chi connectivity index (χ1v) is 8.15. The molecule has 6 nitrogen and oxygen atoms in total. The van der Waals surface area contributed by atoms with Gasteiger partial charge in [-0.15, -0.1) is 11.3 Å². The third kappa shape index (κ3) is 5.34. The highest BCUT2D eigenvalue weighted by atomic mass is 79.9. The summed E-state index contributed by atoms with van der Waals surface area (Å²) in [4.78, 5) is 12.0. The number of amides is 1. The molecule has 0 atom stereocenters. The Labute approximate surface area is 118 Å². The van der Waals surface area contributed by atoms with Gasteiger partial charge in [0, 0.05) is 15.9 Å². The molecule has 1 heterocycles. The molecule has 0 radical (unpaired) electrons. The van der Waals surface area contributed by atoms with Gasteiger partial charge in [0.15, 0.2) is 0 Å². The smallest absolute Gasteiger partial charge is 0.422 e. The van der Waals surface area contributed by atoms with E-state index in [9.17, 15) is 13.2 Å². The summed E-state index contributed by atoms with van der Waals surface area (Å²) in [7, 11) is -3.91. The highest BCUT2D eigenvalue weighted by Gasteiger charge is 2.16. The third-order valence-electron chi connectivity index (χ3n) is 1.67. The molecule has 0 saturated carbocycles. The maximum atomic E-state index is 11.5. The Bertz CT molecular complexity index is 512. The predicted molar refractivity (Wildman–Crippen MR) is 72.5 cm³/mol. The van der Waals surface area contributed by atoms with Gasteiger partial charge in [-0.25, -0.2) is 9.52 Å². The first kappa shape index (κ1) is 15.4. The molecule has 1 rings (SSSR count). The normalized spacial score (nSPS) is 11.6. The van der Waals surface area contributed by atoms with Crippen LogP contribution >= 0.6 is 27.3 Å². The number of ether oxygens (including phenoxy) is 1. The molecule has 0 spiro atoms. The maximum absolute atomic E-state index is 11.5. The summed E-state index contributed by atoms with van der Waals surface area (Å²) in [5.41, 5.74) is 0. The van der Waals surface area contributed by atoms with Crippen LogP contribution in [0.1, 0.15) is 18.7 Å². The maximum Gasteiger partial charge on any atom is 0.422 e. The van der Waals surface area contributed by atoms with Crippen molar-refractivity contribution in [1.29, 1.82) is 0 Å². The van der Waals surface area contributed by atoms with Crippen molar-refractivity contribution in [2.45, 2.75) is 26.5 Å². The van der Waals surface area contributed by atoms with E-state index in [1.807, 2.05) is 11.4 Å². The van der Waals surface area contributed by atoms with Gasteiger partial charge in [-0.05, 0) is 41.2 Å². The fourth-order valence-electron chi connectivity index (χ4n) is 0.996.